The van der Waals surface area contributed by atoms with Gasteiger partial charge < -0.3 is 4.90 Å². The number of aromatic nitrogens is 6. The maximum atomic E-state index is 13.1. The molecule has 0 radical (unpaired) electrons. The molecule has 3 aromatic rings. The van der Waals surface area contributed by atoms with E-state index >= 15 is 0 Å². The van der Waals surface area contributed by atoms with Crippen molar-refractivity contribution >= 4 is 11.5 Å². The SMILES string of the molecule is O=c1cc2c(nn1CCN1CCN(c3ccc4nnc(C(F)(F)F)n4n3)CC1)CCC2. The van der Waals surface area contributed by atoms with Gasteiger partial charge in [-0.3, -0.25) is 9.69 Å². The molecule has 12 heteroatoms. The normalized spacial score (nSPS) is 17.5. The van der Waals surface area contributed by atoms with Gasteiger partial charge in [-0.05, 0) is 37.0 Å². The Balaban J connectivity index is 1.22. The van der Waals surface area contributed by atoms with Crippen LogP contribution in [0.15, 0.2) is 23.0 Å². The Morgan fingerprint density at radius 2 is 1.77 bits per heavy atom. The number of fused-ring (bicyclic) bond motifs is 2. The van der Waals surface area contributed by atoms with Crippen LogP contribution in [0.2, 0.25) is 0 Å². The molecule has 0 aromatic carbocycles. The van der Waals surface area contributed by atoms with E-state index in [1.807, 2.05) is 4.90 Å². The zero-order valence-corrected chi connectivity index (χ0v) is 16.7. The maximum absolute atomic E-state index is 13.1. The Morgan fingerprint density at radius 1 is 0.968 bits per heavy atom. The maximum Gasteiger partial charge on any atom is 0.453 e. The highest BCUT2D eigenvalue weighted by atomic mass is 19.4. The van der Waals surface area contributed by atoms with Gasteiger partial charge in [0.05, 0.1) is 12.2 Å². The number of aryl methyl sites for hydroxylation is 2. The van der Waals surface area contributed by atoms with Gasteiger partial charge in [0.25, 0.3) is 11.4 Å². The van der Waals surface area contributed by atoms with Gasteiger partial charge in [-0.2, -0.15) is 22.8 Å². The quantitative estimate of drug-likeness (QED) is 0.606. The predicted octanol–water partition coefficient (Wildman–Crippen LogP) is 1.01. The fourth-order valence-electron chi connectivity index (χ4n) is 4.16. The van der Waals surface area contributed by atoms with Crippen LogP contribution >= 0.6 is 0 Å². The smallest absolute Gasteiger partial charge is 0.353 e. The van der Waals surface area contributed by atoms with Crippen LogP contribution in [0.5, 0.6) is 0 Å². The largest absolute Gasteiger partial charge is 0.453 e. The van der Waals surface area contributed by atoms with Gasteiger partial charge >= 0.3 is 6.18 Å². The zero-order chi connectivity index (χ0) is 21.6. The molecule has 1 fully saturated rings. The van der Waals surface area contributed by atoms with Crippen molar-refractivity contribution in [3.05, 3.63) is 45.6 Å². The van der Waals surface area contributed by atoms with Crippen molar-refractivity contribution < 1.29 is 13.2 Å². The van der Waals surface area contributed by atoms with E-state index in [0.29, 0.717) is 45.1 Å². The Bertz CT molecular complexity index is 1160. The second kappa shape index (κ2) is 7.59. The number of anilines is 1. The molecule has 4 heterocycles. The summed E-state index contributed by atoms with van der Waals surface area (Å²) in [7, 11) is 0. The van der Waals surface area contributed by atoms with Crippen LogP contribution < -0.4 is 10.5 Å². The van der Waals surface area contributed by atoms with Crippen LogP contribution in [0.25, 0.3) is 5.65 Å². The average molecular weight is 434 g/mol. The summed E-state index contributed by atoms with van der Waals surface area (Å²) in [4.78, 5) is 16.4. The van der Waals surface area contributed by atoms with E-state index in [2.05, 4.69) is 25.3 Å². The highest BCUT2D eigenvalue weighted by Gasteiger charge is 2.37. The molecule has 164 valence electrons. The number of hydrogen-bond acceptors (Lipinski definition) is 7. The van der Waals surface area contributed by atoms with E-state index in [9.17, 15) is 18.0 Å². The lowest BCUT2D eigenvalue weighted by atomic mass is 10.2. The summed E-state index contributed by atoms with van der Waals surface area (Å²) in [6.45, 7) is 3.88. The van der Waals surface area contributed by atoms with Gasteiger partial charge in [0.2, 0.25) is 0 Å². The summed E-state index contributed by atoms with van der Waals surface area (Å²) in [5.41, 5.74) is 2.09. The summed E-state index contributed by atoms with van der Waals surface area (Å²) in [6, 6.07) is 4.85. The second-order valence-electron chi connectivity index (χ2n) is 7.84. The second-order valence-corrected chi connectivity index (χ2v) is 7.84. The Morgan fingerprint density at radius 3 is 2.55 bits per heavy atom. The van der Waals surface area contributed by atoms with E-state index < -0.39 is 12.0 Å². The third-order valence-corrected chi connectivity index (χ3v) is 5.85. The minimum Gasteiger partial charge on any atom is -0.353 e. The number of halogens is 3. The molecular weight excluding hydrogens is 413 g/mol. The number of alkyl halides is 3. The molecule has 0 atom stereocenters. The average Bonchev–Trinajstić information content (AvgIpc) is 3.38. The van der Waals surface area contributed by atoms with Crippen LogP contribution in [0.4, 0.5) is 19.0 Å². The van der Waals surface area contributed by atoms with Gasteiger partial charge in [0.1, 0.15) is 5.82 Å². The van der Waals surface area contributed by atoms with Crippen molar-refractivity contribution in [2.45, 2.75) is 32.0 Å². The summed E-state index contributed by atoms with van der Waals surface area (Å²) < 4.78 is 41.6. The van der Waals surface area contributed by atoms with E-state index in [-0.39, 0.29) is 11.2 Å². The summed E-state index contributed by atoms with van der Waals surface area (Å²) in [5, 5.41) is 15.4. The molecular formula is C19H21F3N8O. The summed E-state index contributed by atoms with van der Waals surface area (Å²) in [5.74, 6) is -0.677. The van der Waals surface area contributed by atoms with E-state index in [1.54, 1.807) is 12.1 Å². The number of rotatable bonds is 4. The predicted molar refractivity (Wildman–Crippen MR) is 105 cm³/mol. The van der Waals surface area contributed by atoms with Crippen molar-refractivity contribution in [3.63, 3.8) is 0 Å². The lowest BCUT2D eigenvalue weighted by Gasteiger charge is -2.35. The first kappa shape index (κ1) is 19.9. The molecule has 3 aromatic heterocycles. The number of hydrogen-bond donors (Lipinski definition) is 0. The number of piperazine rings is 1. The Kier molecular flexibility index (Phi) is 4.88. The van der Waals surface area contributed by atoms with Crippen LogP contribution in [0.1, 0.15) is 23.5 Å². The first-order chi connectivity index (χ1) is 14.9. The molecule has 2 aliphatic rings. The van der Waals surface area contributed by atoms with Crippen molar-refractivity contribution in [3.8, 4) is 0 Å². The minimum absolute atomic E-state index is 0.0574. The first-order valence-electron chi connectivity index (χ1n) is 10.3. The van der Waals surface area contributed by atoms with Gasteiger partial charge in [-0.25, -0.2) is 4.68 Å². The third kappa shape index (κ3) is 3.87. The van der Waals surface area contributed by atoms with Gasteiger partial charge in [0.15, 0.2) is 5.65 Å². The summed E-state index contributed by atoms with van der Waals surface area (Å²) in [6.07, 6.45) is -1.71. The lowest BCUT2D eigenvalue weighted by Crippen LogP contribution is -2.48. The van der Waals surface area contributed by atoms with Crippen molar-refractivity contribution in [1.82, 2.24) is 34.5 Å². The molecule has 0 amide bonds. The molecule has 0 saturated carbocycles. The topological polar surface area (TPSA) is 84.5 Å². The molecule has 0 N–H and O–H groups in total. The van der Waals surface area contributed by atoms with Crippen molar-refractivity contribution in [2.75, 3.05) is 37.6 Å². The third-order valence-electron chi connectivity index (χ3n) is 5.85. The zero-order valence-electron chi connectivity index (χ0n) is 16.7. The van der Waals surface area contributed by atoms with Gasteiger partial charge in [-0.15, -0.1) is 15.3 Å². The van der Waals surface area contributed by atoms with Crippen molar-refractivity contribution in [2.24, 2.45) is 0 Å². The van der Waals surface area contributed by atoms with Crippen LogP contribution in [0.3, 0.4) is 0 Å². The number of nitrogens with zero attached hydrogens (tertiary/aromatic N) is 8. The first-order valence-corrected chi connectivity index (χ1v) is 10.3. The van der Waals surface area contributed by atoms with Gasteiger partial charge in [0, 0.05) is 38.8 Å². The fraction of sp³-hybridized carbons (Fsp3) is 0.526. The molecule has 31 heavy (non-hydrogen) atoms. The van der Waals surface area contributed by atoms with Crippen LogP contribution in [0, 0.1) is 0 Å². The van der Waals surface area contributed by atoms with Crippen LogP contribution in [-0.4, -0.2) is 67.2 Å². The molecule has 0 spiro atoms. The Labute approximate surface area is 175 Å². The van der Waals surface area contributed by atoms with E-state index in [0.717, 1.165) is 35.0 Å². The highest BCUT2D eigenvalue weighted by Crippen LogP contribution is 2.28. The van der Waals surface area contributed by atoms with Gasteiger partial charge in [-0.1, -0.05) is 0 Å². The fourth-order valence-corrected chi connectivity index (χ4v) is 4.16. The van der Waals surface area contributed by atoms with Crippen LogP contribution in [-0.2, 0) is 25.6 Å². The van der Waals surface area contributed by atoms with Crippen molar-refractivity contribution in [1.29, 1.82) is 0 Å². The highest BCUT2D eigenvalue weighted by molar-refractivity contribution is 5.46. The minimum atomic E-state index is -4.62. The van der Waals surface area contributed by atoms with E-state index in [1.165, 1.54) is 10.7 Å². The molecule has 1 aliphatic heterocycles. The molecule has 9 nitrogen and oxygen atoms in total. The molecule has 1 aliphatic carbocycles. The summed E-state index contributed by atoms with van der Waals surface area (Å²) >= 11 is 0. The Hall–Kier alpha value is -3.02. The molecule has 5 rings (SSSR count). The molecule has 0 unspecified atom stereocenters. The monoisotopic (exact) mass is 434 g/mol. The molecule has 0 bridgehead atoms. The molecule has 1 saturated heterocycles. The van der Waals surface area contributed by atoms with E-state index in [4.69, 9.17) is 0 Å². The lowest BCUT2D eigenvalue weighted by molar-refractivity contribution is -0.146. The standard InChI is InChI=1S/C19H21F3N8O/c20-19(21,22)18-24-23-15-4-5-16(26-30(15)18)28-9-6-27(7-10-28)8-11-29-17(31)12-13-2-1-3-14(13)25-29/h4-5,12H,1-3,6-11H2.